The van der Waals surface area contributed by atoms with Gasteiger partial charge in [-0.1, -0.05) is 25.9 Å². The molecule has 1 N–H and O–H groups in total. The molecule has 0 aliphatic rings. The number of thioether (sulfide) groups is 1. The number of aliphatic imine (C=N–C) groups is 2. The predicted molar refractivity (Wildman–Crippen MR) is 166 cm³/mol. The van der Waals surface area contributed by atoms with Crippen molar-refractivity contribution in [3.8, 4) is 22.9 Å². The topological polar surface area (TPSA) is 129 Å². The Labute approximate surface area is 246 Å². The number of hydrogen-bond donors (Lipinski definition) is 1. The first-order valence-electron chi connectivity index (χ1n) is 13.1. The SMILES string of the molecule is COc1cc(C(=Nc2ccc(-c3noc(C)n3)cc2)C(=NC(=O)O)SC)ccc1OCCCO[Si](C)(C)C(C)(C)C. The zero-order valence-corrected chi connectivity index (χ0v) is 26.7. The number of amides is 1. The second kappa shape index (κ2) is 13.9. The summed E-state index contributed by atoms with van der Waals surface area (Å²) in [5.74, 6) is 2.02. The van der Waals surface area contributed by atoms with Gasteiger partial charge in [-0.2, -0.15) is 9.98 Å². The molecule has 0 aliphatic carbocycles. The number of benzene rings is 2. The van der Waals surface area contributed by atoms with Crippen LogP contribution in [-0.2, 0) is 4.43 Å². The van der Waals surface area contributed by atoms with Gasteiger partial charge in [0.05, 0.1) is 19.4 Å². The van der Waals surface area contributed by atoms with E-state index in [9.17, 15) is 9.90 Å². The molecule has 0 spiro atoms. The van der Waals surface area contributed by atoms with Crippen molar-refractivity contribution in [2.45, 2.75) is 52.2 Å². The van der Waals surface area contributed by atoms with Gasteiger partial charge in [-0.3, -0.25) is 0 Å². The maximum Gasteiger partial charge on any atom is 0.432 e. The van der Waals surface area contributed by atoms with Crippen molar-refractivity contribution >= 4 is 42.6 Å². The number of hydrogen-bond acceptors (Lipinski definition) is 9. The molecule has 0 atom stereocenters. The number of carboxylic acid groups (broad SMARTS) is 1. The van der Waals surface area contributed by atoms with Gasteiger partial charge in [0.2, 0.25) is 11.7 Å². The number of ether oxygens (including phenoxy) is 2. The van der Waals surface area contributed by atoms with Crippen LogP contribution in [-0.4, -0.2) is 67.0 Å². The summed E-state index contributed by atoms with van der Waals surface area (Å²) in [6.07, 6.45) is 1.18. The van der Waals surface area contributed by atoms with Crippen LogP contribution in [0.5, 0.6) is 11.5 Å². The van der Waals surface area contributed by atoms with Crippen molar-refractivity contribution in [3.05, 3.63) is 53.9 Å². The highest BCUT2D eigenvalue weighted by Gasteiger charge is 2.36. The zero-order valence-electron chi connectivity index (χ0n) is 24.8. The largest absolute Gasteiger partial charge is 0.493 e. The van der Waals surface area contributed by atoms with Crippen LogP contribution in [0.1, 0.15) is 38.6 Å². The molecule has 0 unspecified atom stereocenters. The van der Waals surface area contributed by atoms with Gasteiger partial charge in [0, 0.05) is 31.1 Å². The molecule has 1 heterocycles. The van der Waals surface area contributed by atoms with Crippen LogP contribution in [0, 0.1) is 6.92 Å². The van der Waals surface area contributed by atoms with E-state index in [1.807, 2.05) is 18.2 Å². The first-order valence-corrected chi connectivity index (χ1v) is 17.3. The van der Waals surface area contributed by atoms with Gasteiger partial charge in [0.15, 0.2) is 19.8 Å². The second-order valence-electron chi connectivity index (χ2n) is 10.7. The molecule has 10 nitrogen and oxygen atoms in total. The molecular weight excluding hydrogens is 560 g/mol. The third-order valence-electron chi connectivity index (χ3n) is 6.74. The number of carbonyl (C=O) groups is 1. The Morgan fingerprint density at radius 1 is 1.10 bits per heavy atom. The average molecular weight is 599 g/mol. The number of nitrogens with zero attached hydrogens (tertiary/aromatic N) is 4. The lowest BCUT2D eigenvalue weighted by Gasteiger charge is -2.36. The molecule has 1 amide bonds. The normalized spacial score (nSPS) is 12.9. The van der Waals surface area contributed by atoms with Crippen LogP contribution in [0.3, 0.4) is 0 Å². The van der Waals surface area contributed by atoms with Crippen LogP contribution in [0.15, 0.2) is 57.0 Å². The summed E-state index contributed by atoms with van der Waals surface area (Å²) in [6.45, 7) is 13.9. The third kappa shape index (κ3) is 8.75. The Bertz CT molecular complexity index is 1400. The van der Waals surface area contributed by atoms with E-state index in [0.717, 1.165) is 12.0 Å². The smallest absolute Gasteiger partial charge is 0.432 e. The molecule has 3 aromatic rings. The molecule has 3 rings (SSSR count). The van der Waals surface area contributed by atoms with Crippen LogP contribution in [0.2, 0.25) is 18.1 Å². The van der Waals surface area contributed by atoms with Crippen LogP contribution in [0.4, 0.5) is 10.5 Å². The molecular formula is C29H38N4O6SSi. The molecule has 2 aromatic carbocycles. The molecule has 0 bridgehead atoms. The Kier molecular flexibility index (Phi) is 10.9. The Hall–Kier alpha value is -3.48. The summed E-state index contributed by atoms with van der Waals surface area (Å²) in [5.41, 5.74) is 2.38. The van der Waals surface area contributed by atoms with Gasteiger partial charge in [-0.05, 0) is 66.9 Å². The molecule has 12 heteroatoms. The minimum atomic E-state index is -1.81. The van der Waals surface area contributed by atoms with E-state index < -0.39 is 14.4 Å². The van der Waals surface area contributed by atoms with E-state index in [1.54, 1.807) is 44.6 Å². The van der Waals surface area contributed by atoms with E-state index in [-0.39, 0.29) is 10.1 Å². The van der Waals surface area contributed by atoms with Gasteiger partial charge in [-0.25, -0.2) is 9.79 Å². The monoisotopic (exact) mass is 598 g/mol. The van der Waals surface area contributed by atoms with Crippen LogP contribution < -0.4 is 9.47 Å². The highest BCUT2D eigenvalue weighted by molar-refractivity contribution is 8.15. The number of methoxy groups -OCH3 is 1. The minimum absolute atomic E-state index is 0.154. The number of aryl methyl sites for hydroxylation is 1. The first kappa shape index (κ1) is 32.0. The fourth-order valence-electron chi connectivity index (χ4n) is 3.47. The van der Waals surface area contributed by atoms with Gasteiger partial charge < -0.3 is 23.5 Å². The third-order valence-corrected chi connectivity index (χ3v) is 11.9. The van der Waals surface area contributed by atoms with Gasteiger partial charge in [0.1, 0.15) is 10.8 Å². The Morgan fingerprint density at radius 2 is 1.80 bits per heavy atom. The molecule has 0 fully saturated rings. The van der Waals surface area contributed by atoms with Crippen molar-refractivity contribution in [2.75, 3.05) is 26.6 Å². The van der Waals surface area contributed by atoms with Crippen LogP contribution in [0.25, 0.3) is 11.4 Å². The summed E-state index contributed by atoms with van der Waals surface area (Å²) in [7, 11) is -0.251. The average Bonchev–Trinajstić information content (AvgIpc) is 3.36. The summed E-state index contributed by atoms with van der Waals surface area (Å²) >= 11 is 1.19. The highest BCUT2D eigenvalue weighted by atomic mass is 32.2. The number of rotatable bonds is 11. The molecule has 0 saturated carbocycles. The van der Waals surface area contributed by atoms with Gasteiger partial charge in [-0.15, -0.1) is 11.8 Å². The lowest BCUT2D eigenvalue weighted by atomic mass is 10.1. The minimum Gasteiger partial charge on any atom is -0.493 e. The molecule has 1 aromatic heterocycles. The summed E-state index contributed by atoms with van der Waals surface area (Å²) in [4.78, 5) is 24.3. The maximum atomic E-state index is 11.5. The van der Waals surface area contributed by atoms with Crippen molar-refractivity contribution < 1.29 is 28.3 Å². The Balaban J connectivity index is 1.84. The van der Waals surface area contributed by atoms with Crippen molar-refractivity contribution in [3.63, 3.8) is 0 Å². The summed E-state index contributed by atoms with van der Waals surface area (Å²) in [6, 6.07) is 12.6. The van der Waals surface area contributed by atoms with Gasteiger partial charge >= 0.3 is 6.09 Å². The fourth-order valence-corrected chi connectivity index (χ4v) is 5.08. The van der Waals surface area contributed by atoms with Crippen molar-refractivity contribution in [1.29, 1.82) is 0 Å². The quantitative estimate of drug-likeness (QED) is 0.104. The molecule has 220 valence electrons. The summed E-state index contributed by atoms with van der Waals surface area (Å²) < 4.78 is 22.9. The van der Waals surface area contributed by atoms with Crippen LogP contribution >= 0.6 is 11.8 Å². The van der Waals surface area contributed by atoms with Crippen molar-refractivity contribution in [1.82, 2.24) is 10.1 Å². The van der Waals surface area contributed by atoms with E-state index in [2.05, 4.69) is 49.0 Å². The Morgan fingerprint density at radius 3 is 2.37 bits per heavy atom. The molecule has 0 saturated heterocycles. The predicted octanol–water partition coefficient (Wildman–Crippen LogP) is 7.40. The maximum absolute atomic E-state index is 11.5. The zero-order chi connectivity index (χ0) is 30.2. The molecule has 0 aliphatic heterocycles. The fraction of sp³-hybridized carbons (Fsp3) is 0.414. The first-order chi connectivity index (χ1) is 19.3. The van der Waals surface area contributed by atoms with Crippen molar-refractivity contribution in [2.24, 2.45) is 9.98 Å². The summed E-state index contributed by atoms with van der Waals surface area (Å²) in [5, 5.41) is 13.7. The number of aromatic nitrogens is 2. The molecule has 41 heavy (non-hydrogen) atoms. The molecule has 0 radical (unpaired) electrons. The van der Waals surface area contributed by atoms with E-state index in [1.165, 1.54) is 11.8 Å². The highest BCUT2D eigenvalue weighted by Crippen LogP contribution is 2.36. The standard InChI is InChI=1S/C29H38N4O6SSi/c1-19-30-26(33-39-19)20-10-13-22(14-11-20)31-25(27(40-6)32-28(34)35)21-12-15-23(24(18-21)36-5)37-16-9-17-38-41(7,8)29(2,3)4/h10-15,18H,9,16-17H2,1-8H3,(H,34,35). The van der Waals surface area contributed by atoms with Gasteiger partial charge in [0.25, 0.3) is 0 Å². The lowest BCUT2D eigenvalue weighted by Crippen LogP contribution is -2.41. The van der Waals surface area contributed by atoms with E-state index >= 15 is 0 Å². The van der Waals surface area contributed by atoms with E-state index in [0.29, 0.717) is 53.4 Å². The second-order valence-corrected chi connectivity index (χ2v) is 16.3. The van der Waals surface area contributed by atoms with E-state index in [4.69, 9.17) is 23.4 Å². The lowest BCUT2D eigenvalue weighted by molar-refractivity contribution is 0.206.